The van der Waals surface area contributed by atoms with Crippen LogP contribution in [0.1, 0.15) is 5.69 Å². The van der Waals surface area contributed by atoms with Gasteiger partial charge in [0, 0.05) is 12.4 Å². The second-order valence-electron chi connectivity index (χ2n) is 2.62. The number of aromatic nitrogens is 2. The molecule has 0 aromatic carbocycles. The first kappa shape index (κ1) is 7.37. The van der Waals surface area contributed by atoms with E-state index in [0.717, 1.165) is 5.65 Å². The number of imidazole rings is 1. The Labute approximate surface area is 71.1 Å². The third-order valence-electron chi connectivity index (χ3n) is 1.69. The monoisotopic (exact) mass is 158 g/mol. The smallest absolute Gasteiger partial charge is 0.137 e. The molecule has 0 fully saturated rings. The van der Waals surface area contributed by atoms with Gasteiger partial charge in [-0.1, -0.05) is 11.5 Å². The summed E-state index contributed by atoms with van der Waals surface area (Å²) in [6, 6.07) is 3.60. The number of hydrogen-bond acceptors (Lipinski definition) is 2. The Morgan fingerprint density at radius 1 is 1.42 bits per heavy atom. The minimum absolute atomic E-state index is 0.0401. The molecular weight excluding hydrogens is 151 g/mol. The highest BCUT2D eigenvalue weighted by molar-refractivity contribution is 6.32. The first-order valence-electron chi connectivity index (χ1n) is 3.63. The highest BCUT2D eigenvalue weighted by Gasteiger charge is 1.98. The fourth-order valence-corrected chi connectivity index (χ4v) is 1.14. The molecule has 4 heteroatoms. The van der Waals surface area contributed by atoms with Crippen molar-refractivity contribution >= 4 is 19.0 Å². The standard InChI is InChI=1S/C8H7BN2O/c9-6-1-2-8-10-7(5-12)4-11(8)3-6/h1-4,12H,5H2. The van der Waals surface area contributed by atoms with Gasteiger partial charge in [-0.3, -0.25) is 0 Å². The molecule has 2 rings (SSSR count). The van der Waals surface area contributed by atoms with Gasteiger partial charge in [-0.05, 0) is 6.07 Å². The van der Waals surface area contributed by atoms with Crippen LogP contribution in [0, 0.1) is 0 Å². The minimum atomic E-state index is -0.0401. The zero-order valence-electron chi connectivity index (χ0n) is 6.44. The third-order valence-corrected chi connectivity index (χ3v) is 1.69. The van der Waals surface area contributed by atoms with Crippen molar-refractivity contribution in [2.24, 2.45) is 0 Å². The predicted molar refractivity (Wildman–Crippen MR) is 46.5 cm³/mol. The summed E-state index contributed by atoms with van der Waals surface area (Å²) < 4.78 is 1.79. The predicted octanol–water partition coefficient (Wildman–Crippen LogP) is -0.380. The highest BCUT2D eigenvalue weighted by atomic mass is 16.3. The van der Waals surface area contributed by atoms with Gasteiger partial charge in [-0.15, -0.1) is 0 Å². The largest absolute Gasteiger partial charge is 0.390 e. The lowest BCUT2D eigenvalue weighted by molar-refractivity contribution is 0.277. The van der Waals surface area contributed by atoms with E-state index in [1.165, 1.54) is 0 Å². The number of hydrogen-bond donors (Lipinski definition) is 1. The Balaban J connectivity index is 2.67. The van der Waals surface area contributed by atoms with Crippen molar-refractivity contribution in [1.82, 2.24) is 9.38 Å². The molecule has 2 heterocycles. The molecule has 3 nitrogen and oxygen atoms in total. The van der Waals surface area contributed by atoms with Crippen molar-refractivity contribution in [3.63, 3.8) is 0 Å². The second-order valence-corrected chi connectivity index (χ2v) is 2.62. The summed E-state index contributed by atoms with van der Waals surface area (Å²) >= 11 is 0. The topological polar surface area (TPSA) is 37.5 Å². The van der Waals surface area contributed by atoms with E-state index in [1.807, 2.05) is 6.07 Å². The summed E-state index contributed by atoms with van der Waals surface area (Å²) in [4.78, 5) is 4.13. The molecule has 12 heavy (non-hydrogen) atoms. The van der Waals surface area contributed by atoms with Gasteiger partial charge in [0.25, 0.3) is 0 Å². The number of fused-ring (bicyclic) bond motifs is 1. The van der Waals surface area contributed by atoms with E-state index in [0.29, 0.717) is 11.2 Å². The van der Waals surface area contributed by atoms with Crippen molar-refractivity contribution in [2.75, 3.05) is 0 Å². The van der Waals surface area contributed by atoms with Gasteiger partial charge in [-0.25, -0.2) is 4.98 Å². The average molecular weight is 158 g/mol. The van der Waals surface area contributed by atoms with E-state index >= 15 is 0 Å². The maximum Gasteiger partial charge on any atom is 0.137 e. The Kier molecular flexibility index (Phi) is 1.62. The molecule has 0 bridgehead atoms. The van der Waals surface area contributed by atoms with Crippen LogP contribution in [0.2, 0.25) is 0 Å². The van der Waals surface area contributed by atoms with Crippen molar-refractivity contribution in [3.8, 4) is 0 Å². The molecule has 0 atom stereocenters. The summed E-state index contributed by atoms with van der Waals surface area (Å²) in [5.41, 5.74) is 2.14. The highest BCUT2D eigenvalue weighted by Crippen LogP contribution is 2.02. The molecule has 0 saturated heterocycles. The summed E-state index contributed by atoms with van der Waals surface area (Å²) in [6.07, 6.45) is 3.52. The lowest BCUT2D eigenvalue weighted by atomic mass is 9.99. The summed E-state index contributed by atoms with van der Waals surface area (Å²) in [6.45, 7) is -0.0401. The minimum Gasteiger partial charge on any atom is -0.390 e. The Morgan fingerprint density at radius 3 is 3.00 bits per heavy atom. The van der Waals surface area contributed by atoms with Crippen LogP contribution in [-0.2, 0) is 6.61 Å². The van der Waals surface area contributed by atoms with Crippen molar-refractivity contribution < 1.29 is 5.11 Å². The molecule has 2 aromatic heterocycles. The first-order chi connectivity index (χ1) is 5.79. The molecule has 2 radical (unpaired) electrons. The maximum absolute atomic E-state index is 8.80. The number of nitrogens with zero attached hydrogens (tertiary/aromatic N) is 2. The van der Waals surface area contributed by atoms with E-state index in [2.05, 4.69) is 4.98 Å². The zero-order valence-corrected chi connectivity index (χ0v) is 6.44. The van der Waals surface area contributed by atoms with Gasteiger partial charge in [-0.2, -0.15) is 0 Å². The molecular formula is C8H7BN2O. The summed E-state index contributed by atoms with van der Waals surface area (Å²) in [7, 11) is 5.56. The fourth-order valence-electron chi connectivity index (χ4n) is 1.14. The molecule has 2 aromatic rings. The normalized spacial score (nSPS) is 10.8. The second kappa shape index (κ2) is 2.64. The average Bonchev–Trinajstić information content (AvgIpc) is 2.46. The first-order valence-corrected chi connectivity index (χ1v) is 3.63. The van der Waals surface area contributed by atoms with Gasteiger partial charge in [0.2, 0.25) is 0 Å². The number of aliphatic hydroxyl groups excluding tert-OH is 1. The van der Waals surface area contributed by atoms with Crippen LogP contribution >= 0.6 is 0 Å². The lowest BCUT2D eigenvalue weighted by Crippen LogP contribution is -2.03. The fraction of sp³-hybridized carbons (Fsp3) is 0.125. The van der Waals surface area contributed by atoms with Crippen LogP contribution in [0.25, 0.3) is 5.65 Å². The molecule has 58 valence electrons. The van der Waals surface area contributed by atoms with E-state index in [9.17, 15) is 0 Å². The lowest BCUT2D eigenvalue weighted by Gasteiger charge is -1.93. The molecule has 0 unspecified atom stereocenters. The molecule has 0 aliphatic heterocycles. The van der Waals surface area contributed by atoms with Gasteiger partial charge >= 0.3 is 0 Å². The van der Waals surface area contributed by atoms with E-state index in [1.54, 1.807) is 22.9 Å². The molecule has 0 amide bonds. The van der Waals surface area contributed by atoms with Crippen LogP contribution in [0.5, 0.6) is 0 Å². The van der Waals surface area contributed by atoms with Crippen molar-refractivity contribution in [2.45, 2.75) is 6.61 Å². The zero-order chi connectivity index (χ0) is 8.55. The van der Waals surface area contributed by atoms with E-state index in [-0.39, 0.29) is 6.61 Å². The number of pyridine rings is 1. The van der Waals surface area contributed by atoms with Gasteiger partial charge in [0.1, 0.15) is 13.5 Å². The quantitative estimate of drug-likeness (QED) is 0.574. The van der Waals surface area contributed by atoms with Crippen LogP contribution in [0.15, 0.2) is 24.5 Å². The third kappa shape index (κ3) is 1.10. The van der Waals surface area contributed by atoms with Crippen molar-refractivity contribution in [3.05, 3.63) is 30.2 Å². The summed E-state index contributed by atoms with van der Waals surface area (Å²) in [5.74, 6) is 0. The van der Waals surface area contributed by atoms with Gasteiger partial charge < -0.3 is 9.51 Å². The molecule has 0 saturated carbocycles. The number of rotatable bonds is 1. The van der Waals surface area contributed by atoms with E-state index < -0.39 is 0 Å². The van der Waals surface area contributed by atoms with E-state index in [4.69, 9.17) is 13.0 Å². The Hall–Kier alpha value is -1.29. The van der Waals surface area contributed by atoms with Gasteiger partial charge in [0.15, 0.2) is 0 Å². The maximum atomic E-state index is 8.80. The number of aliphatic hydroxyl groups is 1. The van der Waals surface area contributed by atoms with Crippen molar-refractivity contribution in [1.29, 1.82) is 0 Å². The molecule has 0 spiro atoms. The van der Waals surface area contributed by atoms with Crippen LogP contribution in [0.4, 0.5) is 0 Å². The van der Waals surface area contributed by atoms with Crippen LogP contribution in [-0.4, -0.2) is 22.3 Å². The van der Waals surface area contributed by atoms with Crippen LogP contribution in [0.3, 0.4) is 0 Å². The van der Waals surface area contributed by atoms with Crippen LogP contribution < -0.4 is 5.46 Å². The molecule has 0 aliphatic rings. The summed E-state index contributed by atoms with van der Waals surface area (Å²) in [5, 5.41) is 8.80. The Bertz CT molecular complexity index is 410. The van der Waals surface area contributed by atoms with Gasteiger partial charge in [0.05, 0.1) is 12.3 Å². The SMILES string of the molecule is [B]c1ccc2nc(CO)cn2c1. The molecule has 0 aliphatic carbocycles. The molecule has 1 N–H and O–H groups in total. The Morgan fingerprint density at radius 2 is 2.25 bits per heavy atom.